The molecule has 0 amide bonds. The number of hydrogen-bond donors (Lipinski definition) is 2. The van der Waals surface area contributed by atoms with Gasteiger partial charge in [-0.2, -0.15) is 0 Å². The molecule has 0 aliphatic carbocycles. The van der Waals surface area contributed by atoms with Gasteiger partial charge >= 0.3 is 5.97 Å². The van der Waals surface area contributed by atoms with Gasteiger partial charge in [-0.3, -0.25) is 0 Å². The average molecular weight is 258 g/mol. The third-order valence-corrected chi connectivity index (χ3v) is 2.64. The third-order valence-electron chi connectivity index (χ3n) is 2.64. The first-order valence-electron chi connectivity index (χ1n) is 5.33. The van der Waals surface area contributed by atoms with Crippen molar-refractivity contribution in [3.8, 4) is 11.4 Å². The number of carboxylic acid groups (broad SMARTS) is 1. The summed E-state index contributed by atoms with van der Waals surface area (Å²) in [5.74, 6) is -1.68. The van der Waals surface area contributed by atoms with E-state index in [1.807, 2.05) is 0 Å². The summed E-state index contributed by atoms with van der Waals surface area (Å²) >= 11 is 0. The van der Waals surface area contributed by atoms with Crippen molar-refractivity contribution in [2.24, 2.45) is 0 Å². The Morgan fingerprint density at radius 1 is 1.26 bits per heavy atom. The summed E-state index contributed by atoms with van der Waals surface area (Å²) in [4.78, 5) is 25.7. The van der Waals surface area contributed by atoms with E-state index >= 15 is 0 Å². The number of halogens is 1. The molecule has 1 aromatic carbocycles. The van der Waals surface area contributed by atoms with Gasteiger partial charge in [0.25, 0.3) is 0 Å². The number of hydrogen-bond acceptors (Lipinski definition) is 4. The topological polar surface area (TPSA) is 91.8 Å². The molecule has 2 N–H and O–H groups in total. The number of H-pyrrole nitrogens is 1. The Morgan fingerprint density at radius 3 is 2.68 bits per heavy atom. The maximum Gasteiger partial charge on any atom is 0.338 e. The van der Waals surface area contributed by atoms with Gasteiger partial charge in [0.2, 0.25) is 0 Å². The van der Waals surface area contributed by atoms with Gasteiger partial charge in [0.1, 0.15) is 18.0 Å². The molecule has 0 aliphatic rings. The van der Waals surface area contributed by atoms with Crippen LogP contribution in [0.3, 0.4) is 0 Å². The van der Waals surface area contributed by atoms with Gasteiger partial charge in [0, 0.05) is 18.5 Å². The minimum Gasteiger partial charge on any atom is -0.478 e. The van der Waals surface area contributed by atoms with Crippen LogP contribution in [0.2, 0.25) is 0 Å². The second kappa shape index (κ2) is 4.13. The minimum atomic E-state index is -1.33. The summed E-state index contributed by atoms with van der Waals surface area (Å²) in [6.07, 6.45) is 4.49. The molecule has 0 spiro atoms. The Kier molecular flexibility index (Phi) is 2.45. The summed E-state index contributed by atoms with van der Waals surface area (Å²) < 4.78 is 13.5. The molecule has 3 rings (SSSR count). The highest BCUT2D eigenvalue weighted by Crippen LogP contribution is 2.22. The molecule has 19 heavy (non-hydrogen) atoms. The number of nitrogens with one attached hydrogen (secondary N) is 1. The molecule has 3 aromatic rings. The summed E-state index contributed by atoms with van der Waals surface area (Å²) in [5.41, 5.74) is 1.02. The molecule has 0 atom stereocenters. The Balaban J connectivity index is 2.19. The first kappa shape index (κ1) is 11.3. The number of imidazole rings is 1. The highest BCUT2D eigenvalue weighted by molar-refractivity contribution is 5.93. The van der Waals surface area contributed by atoms with Crippen molar-refractivity contribution in [2.45, 2.75) is 0 Å². The van der Waals surface area contributed by atoms with Crippen molar-refractivity contribution in [3.63, 3.8) is 0 Å². The molecular formula is C12H7FN4O2. The number of benzene rings is 1. The van der Waals surface area contributed by atoms with E-state index in [4.69, 9.17) is 5.11 Å². The number of fused-ring (bicyclic) bond motifs is 1. The summed E-state index contributed by atoms with van der Waals surface area (Å²) in [5, 5.41) is 8.85. The first-order chi connectivity index (χ1) is 9.15. The van der Waals surface area contributed by atoms with Gasteiger partial charge in [0.05, 0.1) is 22.2 Å². The molecule has 2 aromatic heterocycles. The van der Waals surface area contributed by atoms with Crippen LogP contribution in [0, 0.1) is 5.82 Å². The Bertz CT molecular complexity index is 770. The Hall–Kier alpha value is -2.83. The fraction of sp³-hybridized carbons (Fsp3) is 0. The molecule has 94 valence electrons. The molecule has 0 unspecified atom stereocenters. The third kappa shape index (κ3) is 1.90. The fourth-order valence-electron chi connectivity index (χ4n) is 1.75. The normalized spacial score (nSPS) is 10.8. The van der Waals surface area contributed by atoms with Crippen LogP contribution in [0.1, 0.15) is 10.4 Å². The molecule has 2 heterocycles. The van der Waals surface area contributed by atoms with Gasteiger partial charge in [-0.15, -0.1) is 0 Å². The lowest BCUT2D eigenvalue weighted by molar-refractivity contribution is 0.0692. The number of aromatic carboxylic acids is 1. The zero-order chi connectivity index (χ0) is 13.4. The van der Waals surface area contributed by atoms with Crippen LogP contribution >= 0.6 is 0 Å². The molecule has 7 heteroatoms. The fourth-order valence-corrected chi connectivity index (χ4v) is 1.75. The standard InChI is InChI=1S/C12H7FN4O2/c13-8-2-10-9(1-7(8)12(18)19)16-11(17-10)6-3-14-5-15-4-6/h1-5H,(H,16,17)(H,18,19). The summed E-state index contributed by atoms with van der Waals surface area (Å²) in [6.45, 7) is 0. The Labute approximate surface area is 106 Å². The van der Waals surface area contributed by atoms with E-state index in [1.54, 1.807) is 12.4 Å². The predicted molar refractivity (Wildman–Crippen MR) is 64.0 cm³/mol. The Morgan fingerprint density at radius 2 is 2.00 bits per heavy atom. The summed E-state index contributed by atoms with van der Waals surface area (Å²) in [6, 6.07) is 2.30. The predicted octanol–water partition coefficient (Wildman–Crippen LogP) is 1.86. The molecule has 6 nitrogen and oxygen atoms in total. The minimum absolute atomic E-state index is 0.373. The lowest BCUT2D eigenvalue weighted by Crippen LogP contribution is -1.99. The lowest BCUT2D eigenvalue weighted by atomic mass is 10.2. The van der Waals surface area contributed by atoms with Crippen LogP contribution in [0.4, 0.5) is 4.39 Å². The van der Waals surface area contributed by atoms with Gasteiger partial charge < -0.3 is 10.1 Å². The quantitative estimate of drug-likeness (QED) is 0.731. The number of carboxylic acids is 1. The second-order valence-electron chi connectivity index (χ2n) is 3.87. The smallest absolute Gasteiger partial charge is 0.338 e. The van der Waals surface area contributed by atoms with Crippen molar-refractivity contribution in [3.05, 3.63) is 42.2 Å². The maximum atomic E-state index is 13.5. The van der Waals surface area contributed by atoms with E-state index in [0.29, 0.717) is 22.4 Å². The van der Waals surface area contributed by atoms with Crippen LogP contribution in [-0.4, -0.2) is 31.0 Å². The molecule has 0 radical (unpaired) electrons. The van der Waals surface area contributed by atoms with Gasteiger partial charge in [-0.1, -0.05) is 0 Å². The zero-order valence-corrected chi connectivity index (χ0v) is 9.46. The SMILES string of the molecule is O=C(O)c1cc2nc(-c3cncnc3)[nH]c2cc1F. The molecule has 0 aliphatic heterocycles. The molecular weight excluding hydrogens is 251 g/mol. The van der Waals surface area contributed by atoms with Gasteiger partial charge in [-0.05, 0) is 6.07 Å². The van der Waals surface area contributed by atoms with Gasteiger partial charge in [0.15, 0.2) is 0 Å². The van der Waals surface area contributed by atoms with Crippen LogP contribution in [0.25, 0.3) is 22.4 Å². The van der Waals surface area contributed by atoms with Crippen molar-refractivity contribution in [2.75, 3.05) is 0 Å². The molecule has 0 saturated heterocycles. The highest BCUT2D eigenvalue weighted by Gasteiger charge is 2.14. The largest absolute Gasteiger partial charge is 0.478 e. The van der Waals surface area contributed by atoms with Crippen LogP contribution in [-0.2, 0) is 0 Å². The average Bonchev–Trinajstić information content (AvgIpc) is 2.81. The zero-order valence-electron chi connectivity index (χ0n) is 9.46. The monoisotopic (exact) mass is 258 g/mol. The van der Waals surface area contributed by atoms with Crippen molar-refractivity contribution in [1.82, 2.24) is 19.9 Å². The van der Waals surface area contributed by atoms with Crippen molar-refractivity contribution < 1.29 is 14.3 Å². The lowest BCUT2D eigenvalue weighted by Gasteiger charge is -1.95. The summed E-state index contributed by atoms with van der Waals surface area (Å²) in [7, 11) is 0. The van der Waals surface area contributed by atoms with Gasteiger partial charge in [-0.25, -0.2) is 24.1 Å². The van der Waals surface area contributed by atoms with E-state index < -0.39 is 17.3 Å². The number of carbonyl (C=O) groups is 1. The number of aromatic amines is 1. The van der Waals surface area contributed by atoms with E-state index in [-0.39, 0.29) is 0 Å². The van der Waals surface area contributed by atoms with E-state index in [0.717, 1.165) is 6.07 Å². The van der Waals surface area contributed by atoms with Crippen LogP contribution in [0.5, 0.6) is 0 Å². The molecule has 0 fully saturated rings. The van der Waals surface area contributed by atoms with E-state index in [2.05, 4.69) is 19.9 Å². The van der Waals surface area contributed by atoms with Crippen molar-refractivity contribution >= 4 is 17.0 Å². The van der Waals surface area contributed by atoms with E-state index in [1.165, 1.54) is 12.4 Å². The highest BCUT2D eigenvalue weighted by atomic mass is 19.1. The second-order valence-corrected chi connectivity index (χ2v) is 3.87. The van der Waals surface area contributed by atoms with Crippen LogP contribution in [0.15, 0.2) is 30.9 Å². The van der Waals surface area contributed by atoms with Crippen LogP contribution < -0.4 is 0 Å². The maximum absolute atomic E-state index is 13.5. The number of rotatable bonds is 2. The number of aromatic nitrogens is 4. The molecule has 0 saturated carbocycles. The number of nitrogens with zero attached hydrogens (tertiary/aromatic N) is 3. The van der Waals surface area contributed by atoms with E-state index in [9.17, 15) is 9.18 Å². The first-order valence-corrected chi connectivity index (χ1v) is 5.33. The molecule has 0 bridgehead atoms. The van der Waals surface area contributed by atoms with Crippen molar-refractivity contribution in [1.29, 1.82) is 0 Å².